The highest BCUT2D eigenvalue weighted by Gasteiger charge is 2.14. The van der Waals surface area contributed by atoms with Crippen LogP contribution >= 0.6 is 0 Å². The van der Waals surface area contributed by atoms with E-state index in [9.17, 15) is 14.7 Å². The van der Waals surface area contributed by atoms with Gasteiger partial charge in [-0.15, -0.1) is 0 Å². The van der Waals surface area contributed by atoms with Gasteiger partial charge in [-0.05, 0) is 56.7 Å². The van der Waals surface area contributed by atoms with E-state index in [0.717, 1.165) is 26.1 Å². The number of anilines is 1. The number of nitrogens with zero attached hydrogens (tertiary/aromatic N) is 1. The summed E-state index contributed by atoms with van der Waals surface area (Å²) in [6, 6.07) is 4.55. The first kappa shape index (κ1) is 18.0. The van der Waals surface area contributed by atoms with Crippen LogP contribution in [0.2, 0.25) is 0 Å². The number of aromatic hydroxyl groups is 1. The van der Waals surface area contributed by atoms with E-state index in [0.29, 0.717) is 17.8 Å². The lowest BCUT2D eigenvalue weighted by Crippen LogP contribution is -2.37. The van der Waals surface area contributed by atoms with Crippen LogP contribution in [-0.2, 0) is 9.59 Å². The topological polar surface area (TPSA) is 81.7 Å². The summed E-state index contributed by atoms with van der Waals surface area (Å²) in [5.74, 6) is -1.22. The Balaban J connectivity index is 2.37. The molecule has 1 aromatic carbocycles. The summed E-state index contributed by atoms with van der Waals surface area (Å²) in [5, 5.41) is 14.5. The first-order valence-corrected chi connectivity index (χ1v) is 7.59. The molecule has 0 heterocycles. The molecule has 0 bridgehead atoms. The van der Waals surface area contributed by atoms with E-state index in [4.69, 9.17) is 0 Å². The lowest BCUT2D eigenvalue weighted by Gasteiger charge is -2.17. The van der Waals surface area contributed by atoms with Crippen LogP contribution < -0.4 is 10.6 Å². The molecule has 0 radical (unpaired) electrons. The van der Waals surface area contributed by atoms with Gasteiger partial charge in [0.2, 0.25) is 0 Å². The Morgan fingerprint density at radius 2 is 1.86 bits per heavy atom. The summed E-state index contributed by atoms with van der Waals surface area (Å²) in [4.78, 5) is 25.8. The van der Waals surface area contributed by atoms with Crippen molar-refractivity contribution >= 4 is 17.5 Å². The zero-order valence-corrected chi connectivity index (χ0v) is 13.5. The second kappa shape index (κ2) is 9.04. The molecular formula is C16H25N3O3. The van der Waals surface area contributed by atoms with Crippen molar-refractivity contribution in [3.05, 3.63) is 23.8 Å². The van der Waals surface area contributed by atoms with Crippen molar-refractivity contribution in [1.29, 1.82) is 0 Å². The summed E-state index contributed by atoms with van der Waals surface area (Å²) in [6.07, 6.45) is 0.805. The van der Waals surface area contributed by atoms with Crippen molar-refractivity contribution in [2.75, 3.05) is 31.5 Å². The van der Waals surface area contributed by atoms with Crippen molar-refractivity contribution < 1.29 is 14.7 Å². The van der Waals surface area contributed by atoms with Crippen LogP contribution in [0.1, 0.15) is 25.8 Å². The second-order valence-electron chi connectivity index (χ2n) is 5.09. The van der Waals surface area contributed by atoms with Crippen molar-refractivity contribution in [1.82, 2.24) is 10.2 Å². The van der Waals surface area contributed by atoms with Gasteiger partial charge in [-0.3, -0.25) is 9.59 Å². The van der Waals surface area contributed by atoms with Gasteiger partial charge in [-0.25, -0.2) is 0 Å². The first-order valence-electron chi connectivity index (χ1n) is 7.59. The van der Waals surface area contributed by atoms with Crippen LogP contribution in [0.15, 0.2) is 18.2 Å². The largest absolute Gasteiger partial charge is 0.508 e. The normalized spacial score (nSPS) is 10.5. The van der Waals surface area contributed by atoms with Gasteiger partial charge in [0.15, 0.2) is 0 Å². The van der Waals surface area contributed by atoms with E-state index < -0.39 is 11.8 Å². The molecule has 0 aliphatic carbocycles. The van der Waals surface area contributed by atoms with Gasteiger partial charge in [-0.2, -0.15) is 0 Å². The zero-order chi connectivity index (χ0) is 16.5. The lowest BCUT2D eigenvalue weighted by molar-refractivity contribution is -0.136. The maximum atomic E-state index is 11.8. The highest BCUT2D eigenvalue weighted by molar-refractivity contribution is 6.39. The fraction of sp³-hybridized carbons (Fsp3) is 0.500. The van der Waals surface area contributed by atoms with Gasteiger partial charge in [0.05, 0.1) is 0 Å². The van der Waals surface area contributed by atoms with Crippen molar-refractivity contribution in [3.8, 4) is 5.75 Å². The third-order valence-electron chi connectivity index (χ3n) is 3.50. The fourth-order valence-corrected chi connectivity index (χ4v) is 2.09. The Morgan fingerprint density at radius 3 is 2.45 bits per heavy atom. The Labute approximate surface area is 131 Å². The first-order chi connectivity index (χ1) is 10.5. The van der Waals surface area contributed by atoms with E-state index in [1.165, 1.54) is 12.1 Å². The number of aryl methyl sites for hydroxylation is 1. The lowest BCUT2D eigenvalue weighted by atomic mass is 10.2. The van der Waals surface area contributed by atoms with E-state index in [-0.39, 0.29) is 5.75 Å². The Morgan fingerprint density at radius 1 is 1.18 bits per heavy atom. The van der Waals surface area contributed by atoms with Crippen molar-refractivity contribution in [3.63, 3.8) is 0 Å². The van der Waals surface area contributed by atoms with Crippen molar-refractivity contribution in [2.24, 2.45) is 0 Å². The SMILES string of the molecule is CCN(CC)CCCNC(=O)C(=O)Nc1ccc(O)cc1C. The molecule has 6 nitrogen and oxygen atoms in total. The minimum Gasteiger partial charge on any atom is -0.508 e. The molecular weight excluding hydrogens is 282 g/mol. The number of amides is 2. The predicted octanol–water partition coefficient (Wildman–Crippen LogP) is 1.49. The molecule has 0 aromatic heterocycles. The number of nitrogens with one attached hydrogen (secondary N) is 2. The van der Waals surface area contributed by atoms with Gasteiger partial charge in [0.1, 0.15) is 5.75 Å². The minimum absolute atomic E-state index is 0.122. The average molecular weight is 307 g/mol. The van der Waals surface area contributed by atoms with Crippen molar-refractivity contribution in [2.45, 2.75) is 27.2 Å². The van der Waals surface area contributed by atoms with Gasteiger partial charge in [0, 0.05) is 12.2 Å². The minimum atomic E-state index is -0.698. The average Bonchev–Trinajstić information content (AvgIpc) is 2.50. The Bertz CT molecular complexity index is 513. The van der Waals surface area contributed by atoms with Gasteiger partial charge in [0.25, 0.3) is 0 Å². The number of carbonyl (C=O) groups is 2. The summed E-state index contributed by atoms with van der Waals surface area (Å²) in [5.41, 5.74) is 1.21. The molecule has 0 unspecified atom stereocenters. The molecule has 22 heavy (non-hydrogen) atoms. The monoisotopic (exact) mass is 307 g/mol. The van der Waals surface area contributed by atoms with Crippen LogP contribution in [0.4, 0.5) is 5.69 Å². The predicted molar refractivity (Wildman–Crippen MR) is 86.9 cm³/mol. The molecule has 0 saturated heterocycles. The number of hydrogen-bond acceptors (Lipinski definition) is 4. The number of carbonyl (C=O) groups excluding carboxylic acids is 2. The highest BCUT2D eigenvalue weighted by Crippen LogP contribution is 2.19. The molecule has 0 spiro atoms. The summed E-state index contributed by atoms with van der Waals surface area (Å²) in [6.45, 7) is 9.25. The molecule has 6 heteroatoms. The van der Waals surface area contributed by atoms with Crippen LogP contribution in [0.5, 0.6) is 5.75 Å². The molecule has 0 aliphatic heterocycles. The summed E-state index contributed by atoms with van der Waals surface area (Å²) >= 11 is 0. The Hall–Kier alpha value is -2.08. The standard InChI is InChI=1S/C16H25N3O3/c1-4-19(5-2)10-6-9-17-15(21)16(22)18-14-8-7-13(20)11-12(14)3/h7-8,11,20H,4-6,9-10H2,1-3H3,(H,17,21)(H,18,22). The van der Waals surface area contributed by atoms with E-state index in [1.54, 1.807) is 13.0 Å². The second-order valence-corrected chi connectivity index (χ2v) is 5.09. The summed E-state index contributed by atoms with van der Waals surface area (Å²) in [7, 11) is 0. The van der Waals surface area contributed by atoms with Crippen LogP contribution in [0.25, 0.3) is 0 Å². The third kappa shape index (κ3) is 5.73. The molecule has 3 N–H and O–H groups in total. The molecule has 0 aliphatic rings. The number of phenolic OH excluding ortho intramolecular Hbond substituents is 1. The highest BCUT2D eigenvalue weighted by atomic mass is 16.3. The number of phenols is 1. The van der Waals surface area contributed by atoms with Gasteiger partial charge in [-0.1, -0.05) is 13.8 Å². The number of rotatable bonds is 7. The maximum Gasteiger partial charge on any atom is 0.313 e. The van der Waals surface area contributed by atoms with Crippen LogP contribution in [0, 0.1) is 6.92 Å². The molecule has 0 atom stereocenters. The molecule has 1 aromatic rings. The quantitative estimate of drug-likeness (QED) is 0.405. The summed E-state index contributed by atoms with van der Waals surface area (Å²) < 4.78 is 0. The van der Waals surface area contributed by atoms with E-state index >= 15 is 0 Å². The number of benzene rings is 1. The Kier molecular flexibility index (Phi) is 7.39. The molecule has 0 saturated carbocycles. The van der Waals surface area contributed by atoms with E-state index in [2.05, 4.69) is 29.4 Å². The molecule has 1 rings (SSSR count). The smallest absolute Gasteiger partial charge is 0.313 e. The maximum absolute atomic E-state index is 11.8. The molecule has 2 amide bonds. The van der Waals surface area contributed by atoms with Gasteiger partial charge < -0.3 is 20.6 Å². The fourth-order valence-electron chi connectivity index (χ4n) is 2.09. The van der Waals surface area contributed by atoms with Gasteiger partial charge >= 0.3 is 11.8 Å². The molecule has 122 valence electrons. The molecule has 0 fully saturated rings. The third-order valence-corrected chi connectivity index (χ3v) is 3.50. The number of hydrogen-bond donors (Lipinski definition) is 3. The zero-order valence-electron chi connectivity index (χ0n) is 13.5. The van der Waals surface area contributed by atoms with Crippen LogP contribution in [-0.4, -0.2) is 48.0 Å². The van der Waals surface area contributed by atoms with Crippen LogP contribution in [0.3, 0.4) is 0 Å². The van der Waals surface area contributed by atoms with E-state index in [1.807, 2.05) is 0 Å².